The second kappa shape index (κ2) is 16.2. The summed E-state index contributed by atoms with van der Waals surface area (Å²) in [5, 5.41) is 26.4. The number of aromatic nitrogens is 2. The van der Waals surface area contributed by atoms with Crippen LogP contribution in [-0.2, 0) is 11.6 Å². The van der Waals surface area contributed by atoms with Gasteiger partial charge in [-0.15, -0.1) is 0 Å². The summed E-state index contributed by atoms with van der Waals surface area (Å²) in [4.78, 5) is 0. The lowest BCUT2D eigenvalue weighted by atomic mass is 9.72. The van der Waals surface area contributed by atoms with Crippen LogP contribution in [0.5, 0.6) is 0 Å². The second-order valence-electron chi connectivity index (χ2n) is 19.2. The van der Waals surface area contributed by atoms with Crippen molar-refractivity contribution in [3.63, 3.8) is 0 Å². The highest BCUT2D eigenvalue weighted by atomic mass is 19.3. The zero-order valence-electron chi connectivity index (χ0n) is 39.3. The molecule has 0 saturated carbocycles. The zero-order valence-corrected chi connectivity index (χ0v) is 39.3. The summed E-state index contributed by atoms with van der Waals surface area (Å²) >= 11 is 0. The summed E-state index contributed by atoms with van der Waals surface area (Å²) in [6.07, 6.45) is -0.0205. The summed E-state index contributed by atoms with van der Waals surface area (Å²) in [7, 11) is 0. The van der Waals surface area contributed by atoms with Crippen LogP contribution in [0.2, 0.25) is 0 Å². The van der Waals surface area contributed by atoms with Crippen molar-refractivity contribution in [1.29, 1.82) is 10.5 Å². The van der Waals surface area contributed by atoms with E-state index in [1.165, 1.54) is 13.8 Å². The molecule has 12 rings (SSSR count). The van der Waals surface area contributed by atoms with E-state index >= 15 is 13.2 Å². The lowest BCUT2D eigenvalue weighted by molar-refractivity contribution is -0.165. The first-order chi connectivity index (χ1) is 34.5. The maximum absolute atomic E-state index is 19.4. The number of hydrogen-bond acceptors (Lipinski definition) is 2. The van der Waals surface area contributed by atoms with E-state index < -0.39 is 22.6 Å². The molecule has 1 unspecified atom stereocenters. The van der Waals surface area contributed by atoms with Crippen molar-refractivity contribution in [3.8, 4) is 68.0 Å². The highest BCUT2D eigenvalue weighted by Crippen LogP contribution is 2.69. The number of rotatable bonds is 8. The SMILES string of the molecule is CCCC1(F)c2c(-n3c4ccc(-c5ccccc5)cc4c4cc(-c5ccccc5)ccc43)c(C#N)c(C#N)c(-n3c4ccc(-c5ccccc5)cc4c4cc(-c5ccccc5)ccc43)c2C(F)(F)C1(C)C. The van der Waals surface area contributed by atoms with Gasteiger partial charge in [0.05, 0.1) is 55.5 Å². The first-order valence-corrected chi connectivity index (χ1v) is 24.0. The van der Waals surface area contributed by atoms with Gasteiger partial charge >= 0.3 is 0 Å². The van der Waals surface area contributed by atoms with E-state index in [0.717, 1.165) is 66.1 Å². The lowest BCUT2D eigenvalue weighted by Crippen LogP contribution is -2.42. The lowest BCUT2D eigenvalue weighted by Gasteiger charge is -2.38. The minimum Gasteiger partial charge on any atom is -0.307 e. The molecule has 1 aliphatic carbocycles. The van der Waals surface area contributed by atoms with Crippen LogP contribution in [0, 0.1) is 28.1 Å². The van der Waals surface area contributed by atoms with Crippen LogP contribution < -0.4 is 0 Å². The van der Waals surface area contributed by atoms with Crippen molar-refractivity contribution >= 4 is 43.6 Å². The average Bonchev–Trinajstić information content (AvgIpc) is 3.95. The van der Waals surface area contributed by atoms with E-state index in [-0.39, 0.29) is 40.9 Å². The molecule has 0 fully saturated rings. The van der Waals surface area contributed by atoms with Gasteiger partial charge in [-0.2, -0.15) is 10.5 Å². The summed E-state index contributed by atoms with van der Waals surface area (Å²) in [5.41, 5.74) is 3.32. The molecule has 1 atom stereocenters. The highest BCUT2D eigenvalue weighted by molar-refractivity contribution is 6.14. The van der Waals surface area contributed by atoms with Crippen molar-refractivity contribution in [2.75, 3.05) is 0 Å². The molecule has 0 bridgehead atoms. The van der Waals surface area contributed by atoms with Crippen LogP contribution in [0.15, 0.2) is 194 Å². The topological polar surface area (TPSA) is 57.4 Å². The van der Waals surface area contributed by atoms with E-state index in [0.29, 0.717) is 22.1 Å². The fraction of sp³-hybridized carbons (Fsp3) is 0.125. The van der Waals surface area contributed by atoms with Gasteiger partial charge in [0.15, 0.2) is 0 Å². The number of nitrogens with zero attached hydrogens (tertiary/aromatic N) is 4. The molecule has 71 heavy (non-hydrogen) atoms. The molecule has 342 valence electrons. The second-order valence-corrected chi connectivity index (χ2v) is 19.2. The Bertz CT molecular complexity index is 3830. The molecule has 0 aliphatic heterocycles. The van der Waals surface area contributed by atoms with Gasteiger partial charge in [-0.1, -0.05) is 173 Å². The monoisotopic (exact) mass is 926 g/mol. The Morgan fingerprint density at radius 1 is 0.408 bits per heavy atom. The number of fused-ring (bicyclic) bond motifs is 7. The summed E-state index contributed by atoms with van der Waals surface area (Å²) < 4.78 is 60.0. The van der Waals surface area contributed by atoms with Crippen molar-refractivity contribution in [3.05, 3.63) is 216 Å². The molecule has 0 amide bonds. The Labute approximate surface area is 409 Å². The van der Waals surface area contributed by atoms with Crippen LogP contribution in [0.25, 0.3) is 99.5 Å². The van der Waals surface area contributed by atoms with Gasteiger partial charge in [0.2, 0.25) is 0 Å². The molecule has 2 heterocycles. The molecule has 0 spiro atoms. The molecule has 4 nitrogen and oxygen atoms in total. The van der Waals surface area contributed by atoms with Crippen LogP contribution in [0.1, 0.15) is 55.9 Å². The third kappa shape index (κ3) is 6.29. The van der Waals surface area contributed by atoms with Crippen LogP contribution in [0.3, 0.4) is 0 Å². The number of hydrogen-bond donors (Lipinski definition) is 0. The van der Waals surface area contributed by atoms with E-state index in [2.05, 4.69) is 24.3 Å². The summed E-state index contributed by atoms with van der Waals surface area (Å²) in [5.74, 6) is -3.85. The Morgan fingerprint density at radius 3 is 0.986 bits per heavy atom. The predicted molar refractivity (Wildman–Crippen MR) is 282 cm³/mol. The quantitative estimate of drug-likeness (QED) is 0.152. The van der Waals surface area contributed by atoms with E-state index in [4.69, 9.17) is 0 Å². The summed E-state index contributed by atoms with van der Waals surface area (Å²) in [6, 6.07) is 68.1. The fourth-order valence-electron chi connectivity index (χ4n) is 11.5. The normalized spacial score (nSPS) is 15.8. The third-order valence-corrected chi connectivity index (χ3v) is 15.2. The highest BCUT2D eigenvalue weighted by Gasteiger charge is 2.71. The minimum atomic E-state index is -3.85. The Kier molecular flexibility index (Phi) is 9.97. The molecule has 7 heteroatoms. The van der Waals surface area contributed by atoms with Gasteiger partial charge in [0, 0.05) is 27.1 Å². The molecular weight excluding hydrogens is 882 g/mol. The maximum atomic E-state index is 19.4. The van der Waals surface area contributed by atoms with Gasteiger partial charge < -0.3 is 9.13 Å². The molecule has 0 N–H and O–H groups in total. The smallest absolute Gasteiger partial charge is 0.284 e. The van der Waals surface area contributed by atoms with E-state index in [1.54, 1.807) is 16.1 Å². The van der Waals surface area contributed by atoms with Gasteiger partial charge in [-0.3, -0.25) is 0 Å². The number of halogens is 3. The van der Waals surface area contributed by atoms with Crippen molar-refractivity contribution in [2.45, 2.75) is 45.2 Å². The molecule has 9 aromatic carbocycles. The van der Waals surface area contributed by atoms with Crippen molar-refractivity contribution < 1.29 is 13.2 Å². The first kappa shape index (κ1) is 43.6. The Morgan fingerprint density at radius 2 is 0.704 bits per heavy atom. The van der Waals surface area contributed by atoms with Crippen LogP contribution >= 0.6 is 0 Å². The standard InChI is InChI=1S/C64H45F3N4/c1-4-33-63(65)58-59(64(66,67)62(63,2)3)61(71-56-31-27-46(42-21-13-7-14-22-42)36-50(56)51-37-47(28-32-57(51)71)43-23-15-8-16-24-43)53(39-69)52(38-68)60(58)70-54-29-25-44(40-17-9-5-10-18-40)34-48(54)49-35-45(26-30-55(49)70)41-19-11-6-12-20-41/h5-32,34-37H,4,33H2,1-3H3. The minimum absolute atomic E-state index is 0.0394. The maximum Gasteiger partial charge on any atom is 0.284 e. The van der Waals surface area contributed by atoms with Gasteiger partial charge in [0.25, 0.3) is 5.92 Å². The zero-order chi connectivity index (χ0) is 48.8. The van der Waals surface area contributed by atoms with Crippen LogP contribution in [-0.4, -0.2) is 9.13 Å². The third-order valence-electron chi connectivity index (χ3n) is 15.2. The molecule has 0 radical (unpaired) electrons. The largest absolute Gasteiger partial charge is 0.307 e. The fourth-order valence-corrected chi connectivity index (χ4v) is 11.5. The van der Waals surface area contributed by atoms with Gasteiger partial charge in [-0.25, -0.2) is 13.2 Å². The Hall–Kier alpha value is -8.65. The number of alkyl halides is 3. The average molecular weight is 927 g/mol. The number of benzene rings is 9. The van der Waals surface area contributed by atoms with E-state index in [9.17, 15) is 10.5 Å². The Balaban J connectivity index is 1.25. The van der Waals surface area contributed by atoms with Gasteiger partial charge in [0.1, 0.15) is 17.8 Å². The first-order valence-electron chi connectivity index (χ1n) is 24.0. The summed E-state index contributed by atoms with van der Waals surface area (Å²) in [6.45, 7) is 4.38. The number of nitriles is 2. The molecule has 11 aromatic rings. The predicted octanol–water partition coefficient (Wildman–Crippen LogP) is 17.4. The van der Waals surface area contributed by atoms with E-state index in [1.807, 2.05) is 182 Å². The van der Waals surface area contributed by atoms with Crippen molar-refractivity contribution in [2.24, 2.45) is 5.41 Å². The van der Waals surface area contributed by atoms with Crippen molar-refractivity contribution in [1.82, 2.24) is 9.13 Å². The molecular formula is C64H45F3N4. The van der Waals surface area contributed by atoms with Gasteiger partial charge in [-0.05, 0) is 99.5 Å². The molecule has 2 aromatic heterocycles. The molecule has 0 saturated heterocycles. The van der Waals surface area contributed by atoms with Crippen LogP contribution in [0.4, 0.5) is 13.2 Å². The molecule has 1 aliphatic rings.